The molecule has 0 saturated heterocycles. The number of nitrogens with one attached hydrogen (secondary N) is 1. The molecule has 6 nitrogen and oxygen atoms in total. The Morgan fingerprint density at radius 2 is 1.61 bits per heavy atom. The lowest BCUT2D eigenvalue weighted by atomic mass is 10.0. The van der Waals surface area contributed by atoms with Gasteiger partial charge in [0.25, 0.3) is 5.91 Å². The topological polar surface area (TPSA) is 95.3 Å². The van der Waals surface area contributed by atoms with Gasteiger partial charge in [-0.2, -0.15) is 0 Å². The van der Waals surface area contributed by atoms with Crippen LogP contribution in [0.2, 0.25) is 5.15 Å². The summed E-state index contributed by atoms with van der Waals surface area (Å²) in [6, 6.07) is 18.9. The molecule has 0 spiro atoms. The molecule has 0 unspecified atom stereocenters. The van der Waals surface area contributed by atoms with Crippen molar-refractivity contribution < 1.29 is 15.0 Å². The predicted molar refractivity (Wildman–Crippen MR) is 108 cm³/mol. The van der Waals surface area contributed by atoms with E-state index in [4.69, 9.17) is 11.6 Å². The van der Waals surface area contributed by atoms with Crippen LogP contribution in [-0.4, -0.2) is 26.3 Å². The molecule has 1 aromatic heterocycles. The average Bonchev–Trinajstić information content (AvgIpc) is 2.71. The van der Waals surface area contributed by atoms with Crippen LogP contribution in [0.4, 0.5) is 5.69 Å². The number of amides is 1. The molecule has 0 fully saturated rings. The molecule has 0 aliphatic rings. The second kappa shape index (κ2) is 7.17. The van der Waals surface area contributed by atoms with Crippen LogP contribution in [0.3, 0.4) is 0 Å². The van der Waals surface area contributed by atoms with Gasteiger partial charge < -0.3 is 15.5 Å². The Bertz CT molecular complexity index is 1210. The van der Waals surface area contributed by atoms with Crippen molar-refractivity contribution in [2.24, 2.45) is 0 Å². The molecule has 3 N–H and O–H groups in total. The molecule has 1 amide bonds. The van der Waals surface area contributed by atoms with Crippen molar-refractivity contribution in [3.05, 3.63) is 77.4 Å². The Hall–Kier alpha value is -3.64. The van der Waals surface area contributed by atoms with Crippen molar-refractivity contribution in [1.29, 1.82) is 0 Å². The number of fused-ring (bicyclic) bond motifs is 1. The number of hydrogen-bond acceptors (Lipinski definition) is 5. The number of phenols is 1. The maximum Gasteiger partial charge on any atom is 0.255 e. The van der Waals surface area contributed by atoms with Gasteiger partial charge in [-0.1, -0.05) is 41.9 Å². The average molecular weight is 392 g/mol. The number of carbonyl (C=O) groups excluding carboxylic acids is 1. The lowest BCUT2D eigenvalue weighted by Crippen LogP contribution is -2.11. The van der Waals surface area contributed by atoms with Crippen molar-refractivity contribution in [3.8, 4) is 22.8 Å². The van der Waals surface area contributed by atoms with E-state index in [0.717, 1.165) is 11.1 Å². The first kappa shape index (κ1) is 17.8. The summed E-state index contributed by atoms with van der Waals surface area (Å²) in [5.41, 5.74) is 2.63. The number of aromatic hydroxyl groups is 2. The minimum Gasteiger partial charge on any atom is -0.508 e. The molecule has 0 saturated carbocycles. The van der Waals surface area contributed by atoms with Crippen molar-refractivity contribution in [1.82, 2.24) is 10.2 Å². The normalized spacial score (nSPS) is 10.8. The summed E-state index contributed by atoms with van der Waals surface area (Å²) in [7, 11) is 0. The Balaban J connectivity index is 1.63. The molecule has 138 valence electrons. The highest BCUT2D eigenvalue weighted by Crippen LogP contribution is 2.29. The minimum absolute atomic E-state index is 0.151. The summed E-state index contributed by atoms with van der Waals surface area (Å²) in [5, 5.41) is 30.6. The third-order valence-corrected chi connectivity index (χ3v) is 4.56. The van der Waals surface area contributed by atoms with Crippen LogP contribution in [0.5, 0.6) is 11.6 Å². The van der Waals surface area contributed by atoms with Gasteiger partial charge in [-0.15, -0.1) is 10.2 Å². The largest absolute Gasteiger partial charge is 0.508 e. The van der Waals surface area contributed by atoms with E-state index in [9.17, 15) is 15.0 Å². The lowest BCUT2D eigenvalue weighted by molar-refractivity contribution is 0.102. The molecule has 0 atom stereocenters. The number of nitrogens with zero attached hydrogens (tertiary/aromatic N) is 2. The molecule has 3 aromatic carbocycles. The summed E-state index contributed by atoms with van der Waals surface area (Å²) >= 11 is 5.97. The predicted octanol–water partition coefficient (Wildman–Crippen LogP) is 4.61. The van der Waals surface area contributed by atoms with Crippen LogP contribution >= 0.6 is 11.6 Å². The van der Waals surface area contributed by atoms with Gasteiger partial charge in [-0.25, -0.2) is 0 Å². The molecule has 28 heavy (non-hydrogen) atoms. The van der Waals surface area contributed by atoms with Crippen molar-refractivity contribution in [2.45, 2.75) is 0 Å². The molecule has 0 aliphatic carbocycles. The molecule has 0 radical (unpaired) electrons. The number of rotatable bonds is 3. The van der Waals surface area contributed by atoms with Gasteiger partial charge in [0.1, 0.15) is 5.75 Å². The van der Waals surface area contributed by atoms with Gasteiger partial charge in [0.05, 0.1) is 0 Å². The Labute approximate surface area is 165 Å². The van der Waals surface area contributed by atoms with E-state index in [0.29, 0.717) is 22.0 Å². The molecular weight excluding hydrogens is 378 g/mol. The SMILES string of the molecule is O=C(Nc1cccc(-c2cccc(O)c2)c1)c1ccc2c(Cl)nnc(O)c2c1. The number of anilines is 1. The standard InChI is InChI=1S/C21H14ClN3O3/c22-19-17-8-7-14(11-18(17)21(28)25-24-19)20(27)23-15-5-1-3-12(9-15)13-4-2-6-16(26)10-13/h1-11,26H,(H,23,27)(H,25,28). The number of halogens is 1. The van der Waals surface area contributed by atoms with Crippen LogP contribution in [0, 0.1) is 0 Å². The van der Waals surface area contributed by atoms with Crippen LogP contribution in [-0.2, 0) is 0 Å². The molecular formula is C21H14ClN3O3. The first-order chi connectivity index (χ1) is 13.5. The summed E-state index contributed by atoms with van der Waals surface area (Å²) in [6.45, 7) is 0. The Morgan fingerprint density at radius 3 is 2.39 bits per heavy atom. The molecule has 4 aromatic rings. The maximum atomic E-state index is 12.7. The summed E-state index contributed by atoms with van der Waals surface area (Å²) in [4.78, 5) is 12.7. The Kier molecular flexibility index (Phi) is 4.55. The van der Waals surface area contributed by atoms with Gasteiger partial charge >= 0.3 is 0 Å². The highest BCUT2D eigenvalue weighted by Gasteiger charge is 2.12. The van der Waals surface area contributed by atoms with E-state index in [1.165, 1.54) is 6.07 Å². The van der Waals surface area contributed by atoms with E-state index in [-0.39, 0.29) is 22.7 Å². The number of phenolic OH excluding ortho intramolecular Hbond substituents is 1. The van der Waals surface area contributed by atoms with Crippen molar-refractivity contribution in [3.63, 3.8) is 0 Å². The first-order valence-electron chi connectivity index (χ1n) is 8.37. The first-order valence-corrected chi connectivity index (χ1v) is 8.75. The van der Waals surface area contributed by atoms with Crippen LogP contribution in [0.1, 0.15) is 10.4 Å². The zero-order valence-corrected chi connectivity index (χ0v) is 15.2. The maximum absolute atomic E-state index is 12.7. The smallest absolute Gasteiger partial charge is 0.255 e. The van der Waals surface area contributed by atoms with Gasteiger partial charge in [-0.3, -0.25) is 4.79 Å². The molecule has 0 bridgehead atoms. The molecule has 1 heterocycles. The minimum atomic E-state index is -0.345. The van der Waals surface area contributed by atoms with Crippen molar-refractivity contribution in [2.75, 3.05) is 5.32 Å². The van der Waals surface area contributed by atoms with E-state index in [1.807, 2.05) is 24.3 Å². The fraction of sp³-hybridized carbons (Fsp3) is 0. The third-order valence-electron chi connectivity index (χ3n) is 4.28. The van der Waals surface area contributed by atoms with Crippen LogP contribution < -0.4 is 5.32 Å². The number of aromatic nitrogens is 2. The lowest BCUT2D eigenvalue weighted by Gasteiger charge is -2.09. The zero-order chi connectivity index (χ0) is 19.7. The fourth-order valence-corrected chi connectivity index (χ4v) is 3.12. The monoisotopic (exact) mass is 391 g/mol. The second-order valence-electron chi connectivity index (χ2n) is 6.16. The quantitative estimate of drug-likeness (QED) is 0.474. The second-order valence-corrected chi connectivity index (χ2v) is 6.52. The molecule has 0 aliphatic heterocycles. The molecule has 4 rings (SSSR count). The Morgan fingerprint density at radius 1 is 0.857 bits per heavy atom. The summed E-state index contributed by atoms with van der Waals surface area (Å²) < 4.78 is 0. The van der Waals surface area contributed by atoms with E-state index in [2.05, 4.69) is 15.5 Å². The van der Waals surface area contributed by atoms with Gasteiger partial charge in [0.15, 0.2) is 5.15 Å². The number of benzene rings is 3. The van der Waals surface area contributed by atoms with Gasteiger partial charge in [-0.05, 0) is 47.5 Å². The summed E-state index contributed by atoms with van der Waals surface area (Å²) in [5.74, 6) is -0.466. The fourth-order valence-electron chi connectivity index (χ4n) is 2.91. The number of hydrogen-bond donors (Lipinski definition) is 3. The third kappa shape index (κ3) is 3.45. The van der Waals surface area contributed by atoms with E-state index < -0.39 is 0 Å². The molecule has 7 heteroatoms. The van der Waals surface area contributed by atoms with E-state index >= 15 is 0 Å². The van der Waals surface area contributed by atoms with Crippen molar-refractivity contribution >= 4 is 34.0 Å². The van der Waals surface area contributed by atoms with Crippen LogP contribution in [0.25, 0.3) is 21.9 Å². The van der Waals surface area contributed by atoms with E-state index in [1.54, 1.807) is 36.4 Å². The number of carbonyl (C=O) groups is 1. The summed E-state index contributed by atoms with van der Waals surface area (Å²) in [6.07, 6.45) is 0. The highest BCUT2D eigenvalue weighted by atomic mass is 35.5. The zero-order valence-electron chi connectivity index (χ0n) is 14.4. The van der Waals surface area contributed by atoms with Gasteiger partial charge in [0.2, 0.25) is 5.88 Å². The van der Waals surface area contributed by atoms with Crippen LogP contribution in [0.15, 0.2) is 66.7 Å². The van der Waals surface area contributed by atoms with Gasteiger partial charge in [0, 0.05) is 22.0 Å². The highest BCUT2D eigenvalue weighted by molar-refractivity contribution is 6.34.